The number of ether oxygens (including phenoxy) is 2. The fourth-order valence-electron chi connectivity index (χ4n) is 9.37. The smallest absolute Gasteiger partial charge is 0.257 e. The van der Waals surface area contributed by atoms with E-state index in [1.54, 1.807) is 36.8 Å². The number of ketones is 1. The molecule has 4 unspecified atom stereocenters. The molecule has 19 heteroatoms. The number of piperazine rings is 2. The number of pyridine rings is 2. The number of aliphatic hydroxyl groups is 2. The molecule has 3 saturated heterocycles. The van der Waals surface area contributed by atoms with Crippen LogP contribution in [0, 0.1) is 11.3 Å². The molecule has 0 saturated carbocycles. The number of aliphatic hydroxyl groups excluding tert-OH is 2. The van der Waals surface area contributed by atoms with Crippen molar-refractivity contribution in [2.75, 3.05) is 102 Å². The Morgan fingerprint density at radius 3 is 2.53 bits per heavy atom. The van der Waals surface area contributed by atoms with Gasteiger partial charge in [0.05, 0.1) is 35.0 Å². The van der Waals surface area contributed by atoms with E-state index in [9.17, 15) is 29.9 Å². The van der Waals surface area contributed by atoms with Crippen LogP contribution < -0.4 is 19.9 Å². The number of rotatable bonds is 18. The second kappa shape index (κ2) is 21.9. The Kier molecular flexibility index (Phi) is 15.5. The van der Waals surface area contributed by atoms with Gasteiger partial charge in [0.2, 0.25) is 12.4 Å². The number of Topliss-reactive ketones (excluding diaryl/α,β-unsaturated/α-hetero) is 1. The number of likely N-dealkylation sites (N-methyl/N-ethyl adjacent to an activating group) is 1. The minimum Gasteiger partial charge on any atom is -0.484 e. The first-order chi connectivity index (χ1) is 32.9. The molecule has 19 nitrogen and oxygen atoms in total. The molecule has 2 amide bonds. The molecule has 0 bridgehead atoms. The number of benzene rings is 1. The Hall–Kier alpha value is -6.14. The summed E-state index contributed by atoms with van der Waals surface area (Å²) in [5.74, 6) is 1.47. The van der Waals surface area contributed by atoms with Crippen LogP contribution >= 0.6 is 0 Å². The minimum absolute atomic E-state index is 0.0470. The van der Waals surface area contributed by atoms with Crippen LogP contribution in [0.1, 0.15) is 53.9 Å². The van der Waals surface area contributed by atoms with Gasteiger partial charge in [-0.1, -0.05) is 18.2 Å². The summed E-state index contributed by atoms with van der Waals surface area (Å²) in [6, 6.07) is 17.1. The number of fused-ring (bicyclic) bond motifs is 1. The number of hydrogen-bond acceptors (Lipinski definition) is 17. The number of carbonyl (C=O) groups is 3. The molecule has 0 spiro atoms. The van der Waals surface area contributed by atoms with E-state index in [1.165, 1.54) is 0 Å². The van der Waals surface area contributed by atoms with E-state index in [-0.39, 0.29) is 30.4 Å². The van der Waals surface area contributed by atoms with Crippen LogP contribution in [0.25, 0.3) is 11.3 Å². The zero-order valence-electron chi connectivity index (χ0n) is 39.1. The molecule has 0 radical (unpaired) electrons. The minimum atomic E-state index is -0.876. The summed E-state index contributed by atoms with van der Waals surface area (Å²) >= 11 is 0. The average Bonchev–Trinajstić information content (AvgIpc) is 3.54. The lowest BCUT2D eigenvalue weighted by atomic mass is 9.97. The summed E-state index contributed by atoms with van der Waals surface area (Å²) in [4.78, 5) is 69.4. The molecule has 7 heterocycles. The number of nitrogens with zero attached hydrogens (tertiary/aromatic N) is 11. The van der Waals surface area contributed by atoms with Crippen LogP contribution in [-0.2, 0) is 27.4 Å². The summed E-state index contributed by atoms with van der Waals surface area (Å²) in [5, 5.41) is 32.8. The first-order valence-corrected chi connectivity index (χ1v) is 23.5. The number of aromatic nitrogens is 4. The Morgan fingerprint density at radius 2 is 1.78 bits per heavy atom. The van der Waals surface area contributed by atoms with Crippen molar-refractivity contribution < 1.29 is 34.1 Å². The molecule has 8 rings (SSSR count). The molecule has 1 aromatic carbocycles. The maximum atomic E-state index is 13.5. The zero-order chi connectivity index (χ0) is 47.8. The molecule has 3 N–H and O–H groups in total. The number of nitriles is 1. The third-order valence-electron chi connectivity index (χ3n) is 13.5. The van der Waals surface area contributed by atoms with Crippen LogP contribution in [-0.4, -0.2) is 190 Å². The van der Waals surface area contributed by atoms with Crippen molar-refractivity contribution in [1.82, 2.24) is 44.9 Å². The number of amides is 2. The van der Waals surface area contributed by atoms with Crippen LogP contribution in [0.2, 0.25) is 0 Å². The van der Waals surface area contributed by atoms with Crippen molar-refractivity contribution in [1.29, 1.82) is 5.26 Å². The Morgan fingerprint density at radius 1 is 1.01 bits per heavy atom. The van der Waals surface area contributed by atoms with E-state index in [2.05, 4.69) is 36.0 Å². The van der Waals surface area contributed by atoms with Crippen molar-refractivity contribution in [3.63, 3.8) is 0 Å². The fraction of sp³-hybridized carbons (Fsp3) is 0.510. The highest BCUT2D eigenvalue weighted by molar-refractivity contribution is 6.12. The molecule has 4 aromatic rings. The highest BCUT2D eigenvalue weighted by Gasteiger charge is 2.45. The van der Waals surface area contributed by atoms with Gasteiger partial charge in [-0.15, -0.1) is 0 Å². The Balaban J connectivity index is 0.751. The Bertz CT molecular complexity index is 2410. The largest absolute Gasteiger partial charge is 0.484 e. The van der Waals surface area contributed by atoms with Gasteiger partial charge in [-0.25, -0.2) is 19.9 Å². The fourth-order valence-corrected chi connectivity index (χ4v) is 9.37. The normalized spacial score (nSPS) is 22.0. The zero-order valence-corrected chi connectivity index (χ0v) is 39.1. The predicted octanol–water partition coefficient (Wildman–Crippen LogP) is 1.58. The molecule has 4 aliphatic rings. The standard InChI is InChI=1S/C49H62N12O7/c1-49(2)46(66)39-11-12-40(55-47(39)61(49)28-35-6-4-14-51-41(35)24-50)36-25-53-48(54-26-36)59-21-22-60(33-62)37(30-59)29-56(3)16-5-15-52-44(64)32-68-38-9-7-34(8-10-38)27-57-17-19-58(20-18-57)31-43-45(65)42(63)13-23-67-43/h4,6-12,14,25-26,33,37,42-43,45,63,65H,5,13,15-23,27-32H2,1-3H3,(H,52,64). The third-order valence-corrected chi connectivity index (χ3v) is 13.5. The van der Waals surface area contributed by atoms with Crippen molar-refractivity contribution >= 4 is 29.9 Å². The van der Waals surface area contributed by atoms with E-state index in [1.807, 2.05) is 61.0 Å². The lowest BCUT2D eigenvalue weighted by Gasteiger charge is -2.41. The summed E-state index contributed by atoms with van der Waals surface area (Å²) < 4.78 is 11.5. The number of anilines is 2. The first-order valence-electron chi connectivity index (χ1n) is 23.5. The summed E-state index contributed by atoms with van der Waals surface area (Å²) in [6.45, 7) is 12.8. The van der Waals surface area contributed by atoms with Gasteiger partial charge in [-0.05, 0) is 76.2 Å². The SMILES string of the molecule is CN(CCCNC(=O)COc1ccc(CN2CCN(CC3OCCC(O)C3O)CC2)cc1)CC1CN(c2ncc(-c3ccc4c(n3)N(Cc3cccnc3C#N)C(C)(C)C4=O)cn2)CCN1C=O. The lowest BCUT2D eigenvalue weighted by Crippen LogP contribution is -2.56. The second-order valence-corrected chi connectivity index (χ2v) is 18.6. The van der Waals surface area contributed by atoms with Gasteiger partial charge < -0.3 is 44.6 Å². The average molecular weight is 931 g/mol. The predicted molar refractivity (Wildman–Crippen MR) is 253 cm³/mol. The summed E-state index contributed by atoms with van der Waals surface area (Å²) in [6.07, 6.45) is 5.21. The summed E-state index contributed by atoms with van der Waals surface area (Å²) in [7, 11) is 2.01. The van der Waals surface area contributed by atoms with Gasteiger partial charge in [0.1, 0.15) is 29.4 Å². The molecule has 360 valence electrons. The third kappa shape index (κ3) is 11.4. The summed E-state index contributed by atoms with van der Waals surface area (Å²) in [5.41, 5.74) is 3.12. The lowest BCUT2D eigenvalue weighted by molar-refractivity contribution is -0.143. The van der Waals surface area contributed by atoms with Crippen molar-refractivity contribution in [2.45, 2.75) is 69.7 Å². The van der Waals surface area contributed by atoms with Gasteiger partial charge in [0.15, 0.2) is 12.4 Å². The Labute approximate surface area is 397 Å². The van der Waals surface area contributed by atoms with Crippen LogP contribution in [0.5, 0.6) is 5.75 Å². The molecule has 0 aliphatic carbocycles. The molecule has 68 heavy (non-hydrogen) atoms. The van der Waals surface area contributed by atoms with Gasteiger partial charge in [0.25, 0.3) is 5.91 Å². The maximum Gasteiger partial charge on any atom is 0.257 e. The van der Waals surface area contributed by atoms with Crippen LogP contribution in [0.15, 0.2) is 67.1 Å². The van der Waals surface area contributed by atoms with Gasteiger partial charge in [-0.2, -0.15) is 5.26 Å². The van der Waals surface area contributed by atoms with E-state index in [0.29, 0.717) is 111 Å². The second-order valence-electron chi connectivity index (χ2n) is 18.6. The van der Waals surface area contributed by atoms with Gasteiger partial charge >= 0.3 is 0 Å². The maximum absolute atomic E-state index is 13.5. The molecule has 3 fully saturated rings. The first kappa shape index (κ1) is 48.3. The van der Waals surface area contributed by atoms with E-state index >= 15 is 0 Å². The molecule has 4 aliphatic heterocycles. The van der Waals surface area contributed by atoms with Crippen molar-refractivity contribution in [3.05, 3.63) is 89.5 Å². The number of carbonyl (C=O) groups excluding carboxylic acids is 3. The van der Waals surface area contributed by atoms with E-state index in [0.717, 1.165) is 51.1 Å². The van der Waals surface area contributed by atoms with E-state index in [4.69, 9.17) is 24.4 Å². The van der Waals surface area contributed by atoms with Crippen LogP contribution in [0.3, 0.4) is 0 Å². The van der Waals surface area contributed by atoms with Crippen molar-refractivity contribution in [3.8, 4) is 23.1 Å². The van der Waals surface area contributed by atoms with Gasteiger partial charge in [0, 0.05) is 115 Å². The molecular weight excluding hydrogens is 869 g/mol. The topological polar surface area (TPSA) is 217 Å². The van der Waals surface area contributed by atoms with Gasteiger partial charge in [-0.3, -0.25) is 24.2 Å². The monoisotopic (exact) mass is 930 g/mol. The van der Waals surface area contributed by atoms with Crippen molar-refractivity contribution in [2.24, 2.45) is 0 Å². The van der Waals surface area contributed by atoms with Crippen LogP contribution in [0.4, 0.5) is 11.8 Å². The molecule has 3 aromatic heterocycles. The molecule has 4 atom stereocenters. The quantitative estimate of drug-likeness (QED) is 0.0954. The highest BCUT2D eigenvalue weighted by atomic mass is 16.5. The number of nitrogens with one attached hydrogen (secondary N) is 1. The molecular formula is C49H62N12O7. The number of hydrogen-bond donors (Lipinski definition) is 3. The van der Waals surface area contributed by atoms with E-state index < -0.39 is 17.7 Å². The highest BCUT2D eigenvalue weighted by Crippen LogP contribution is 2.40.